The number of fused-ring (bicyclic) bond motifs is 1. The van der Waals surface area contributed by atoms with E-state index in [0.717, 1.165) is 17.6 Å². The van der Waals surface area contributed by atoms with Crippen LogP contribution in [-0.4, -0.2) is 18.0 Å². The Hall–Kier alpha value is -1.38. The summed E-state index contributed by atoms with van der Waals surface area (Å²) in [6.07, 6.45) is 2.88. The van der Waals surface area contributed by atoms with E-state index in [1.807, 2.05) is 6.20 Å². The van der Waals surface area contributed by atoms with Gasteiger partial charge in [0.2, 0.25) is 0 Å². The van der Waals surface area contributed by atoms with E-state index in [-0.39, 0.29) is 16.9 Å². The van der Waals surface area contributed by atoms with Crippen LogP contribution in [0.1, 0.15) is 41.5 Å². The van der Waals surface area contributed by atoms with Crippen molar-refractivity contribution in [2.24, 2.45) is 15.8 Å². The minimum Gasteiger partial charge on any atom is -0.370 e. The zero-order valence-corrected chi connectivity index (χ0v) is 12.1. The van der Waals surface area contributed by atoms with Crippen LogP contribution >= 0.6 is 0 Å². The van der Waals surface area contributed by atoms with Crippen LogP contribution < -0.4 is 5.32 Å². The van der Waals surface area contributed by atoms with Gasteiger partial charge in [-0.2, -0.15) is 0 Å². The molecule has 3 heteroatoms. The number of carbonyl (C=O) groups is 1. The molecule has 0 aromatic carbocycles. The second-order valence-corrected chi connectivity index (χ2v) is 7.08. The van der Waals surface area contributed by atoms with Gasteiger partial charge in [0.1, 0.15) is 0 Å². The first kappa shape index (κ1) is 13.1. The fourth-order valence-corrected chi connectivity index (χ4v) is 2.66. The molecule has 18 heavy (non-hydrogen) atoms. The summed E-state index contributed by atoms with van der Waals surface area (Å²) >= 11 is 0. The second kappa shape index (κ2) is 3.81. The molecule has 0 amide bonds. The molecule has 0 fully saturated rings. The van der Waals surface area contributed by atoms with Crippen molar-refractivity contribution < 1.29 is 4.79 Å². The SMILES string of the molecule is CC(C)(C)C1=CN=C2C(C(C)(C)C)=C(C=O)NC12. The van der Waals surface area contributed by atoms with Gasteiger partial charge in [-0.25, -0.2) is 0 Å². The maximum Gasteiger partial charge on any atom is 0.166 e. The van der Waals surface area contributed by atoms with Crippen molar-refractivity contribution in [3.63, 3.8) is 0 Å². The zero-order chi connectivity index (χ0) is 13.7. The van der Waals surface area contributed by atoms with Gasteiger partial charge in [0.05, 0.1) is 17.5 Å². The number of nitrogens with one attached hydrogen (secondary N) is 1. The van der Waals surface area contributed by atoms with Crippen LogP contribution in [0.4, 0.5) is 0 Å². The molecule has 0 aromatic heterocycles. The molecule has 0 saturated carbocycles. The Kier molecular flexibility index (Phi) is 2.76. The normalized spacial score (nSPS) is 23.6. The fourth-order valence-electron chi connectivity index (χ4n) is 2.66. The predicted octanol–water partition coefficient (Wildman–Crippen LogP) is 2.84. The fraction of sp³-hybridized carbons (Fsp3) is 0.600. The monoisotopic (exact) mass is 246 g/mol. The van der Waals surface area contributed by atoms with Crippen LogP contribution in [0.5, 0.6) is 0 Å². The quantitative estimate of drug-likeness (QED) is 0.723. The number of nitrogens with zero attached hydrogens (tertiary/aromatic N) is 1. The van der Waals surface area contributed by atoms with Crippen LogP contribution in [0, 0.1) is 10.8 Å². The van der Waals surface area contributed by atoms with Crippen LogP contribution in [0.25, 0.3) is 0 Å². The highest BCUT2D eigenvalue weighted by Gasteiger charge is 2.42. The summed E-state index contributed by atoms with van der Waals surface area (Å²) in [6.45, 7) is 12.9. The lowest BCUT2D eigenvalue weighted by Crippen LogP contribution is -2.34. The van der Waals surface area contributed by atoms with Crippen molar-refractivity contribution in [3.8, 4) is 0 Å². The third-order valence-corrected chi connectivity index (χ3v) is 3.49. The van der Waals surface area contributed by atoms with Gasteiger partial charge in [-0.15, -0.1) is 0 Å². The Balaban J connectivity index is 2.41. The number of allylic oxidation sites excluding steroid dienone is 1. The first-order valence-electron chi connectivity index (χ1n) is 6.41. The maximum absolute atomic E-state index is 11.3. The summed E-state index contributed by atoms with van der Waals surface area (Å²) in [5, 5.41) is 3.33. The lowest BCUT2D eigenvalue weighted by Gasteiger charge is -2.26. The van der Waals surface area contributed by atoms with Gasteiger partial charge in [-0.3, -0.25) is 9.79 Å². The van der Waals surface area contributed by atoms with Crippen molar-refractivity contribution in [3.05, 3.63) is 23.0 Å². The Morgan fingerprint density at radius 3 is 2.22 bits per heavy atom. The standard InChI is InChI=1S/C15H22N2O/c1-14(2,3)9-7-16-13-11(15(4,5)6)10(8-18)17-12(9)13/h7-8,12,17H,1-6H3. The average Bonchev–Trinajstić information content (AvgIpc) is 2.69. The molecule has 0 bridgehead atoms. The molecule has 0 saturated heterocycles. The molecule has 0 spiro atoms. The number of rotatable bonds is 1. The van der Waals surface area contributed by atoms with Gasteiger partial charge < -0.3 is 5.32 Å². The molecule has 2 heterocycles. The molecule has 1 atom stereocenters. The number of hydrogen-bond donors (Lipinski definition) is 1. The van der Waals surface area contributed by atoms with Gasteiger partial charge in [0, 0.05) is 11.8 Å². The third-order valence-electron chi connectivity index (χ3n) is 3.49. The van der Waals surface area contributed by atoms with Crippen molar-refractivity contribution in [1.29, 1.82) is 0 Å². The first-order valence-corrected chi connectivity index (χ1v) is 6.41. The Labute approximate surface area is 109 Å². The van der Waals surface area contributed by atoms with E-state index in [1.54, 1.807) is 0 Å². The van der Waals surface area contributed by atoms with Crippen LogP contribution in [0.2, 0.25) is 0 Å². The number of hydrogen-bond acceptors (Lipinski definition) is 3. The number of carbonyl (C=O) groups excluding carboxylic acids is 1. The molecule has 1 N–H and O–H groups in total. The smallest absolute Gasteiger partial charge is 0.166 e. The minimum atomic E-state index is -0.0714. The Bertz CT molecular complexity index is 482. The van der Waals surface area contributed by atoms with Crippen molar-refractivity contribution in [2.75, 3.05) is 0 Å². The van der Waals surface area contributed by atoms with Gasteiger partial charge in [-0.05, 0) is 16.4 Å². The highest BCUT2D eigenvalue weighted by Crippen LogP contribution is 2.41. The van der Waals surface area contributed by atoms with Crippen LogP contribution in [0.3, 0.4) is 0 Å². The van der Waals surface area contributed by atoms with E-state index in [1.165, 1.54) is 5.57 Å². The van der Waals surface area contributed by atoms with E-state index >= 15 is 0 Å². The minimum absolute atomic E-state index is 0.0598. The molecule has 0 aromatic rings. The molecule has 0 radical (unpaired) electrons. The third kappa shape index (κ3) is 1.92. The van der Waals surface area contributed by atoms with Crippen LogP contribution in [-0.2, 0) is 4.79 Å². The summed E-state index contributed by atoms with van der Waals surface area (Å²) in [7, 11) is 0. The maximum atomic E-state index is 11.3. The summed E-state index contributed by atoms with van der Waals surface area (Å²) < 4.78 is 0. The Morgan fingerprint density at radius 2 is 1.78 bits per heavy atom. The zero-order valence-electron chi connectivity index (χ0n) is 12.1. The second-order valence-electron chi connectivity index (χ2n) is 7.08. The topological polar surface area (TPSA) is 41.5 Å². The number of aliphatic imine (C=N–C) groups is 1. The highest BCUT2D eigenvalue weighted by molar-refractivity contribution is 6.14. The van der Waals surface area contributed by atoms with Gasteiger partial charge in [0.15, 0.2) is 6.29 Å². The van der Waals surface area contributed by atoms with E-state index in [9.17, 15) is 4.79 Å². The molecule has 2 aliphatic heterocycles. The molecule has 2 rings (SSSR count). The molecule has 2 aliphatic rings. The molecule has 0 aliphatic carbocycles. The molecular weight excluding hydrogens is 224 g/mol. The van der Waals surface area contributed by atoms with E-state index < -0.39 is 0 Å². The average molecular weight is 246 g/mol. The lowest BCUT2D eigenvalue weighted by atomic mass is 9.78. The van der Waals surface area contributed by atoms with Crippen molar-refractivity contribution in [2.45, 2.75) is 47.6 Å². The largest absolute Gasteiger partial charge is 0.370 e. The van der Waals surface area contributed by atoms with Gasteiger partial charge in [0.25, 0.3) is 0 Å². The molecule has 98 valence electrons. The van der Waals surface area contributed by atoms with Gasteiger partial charge >= 0.3 is 0 Å². The molecular formula is C15H22N2O. The summed E-state index contributed by atoms with van der Waals surface area (Å²) in [5.41, 5.74) is 4.01. The summed E-state index contributed by atoms with van der Waals surface area (Å²) in [4.78, 5) is 15.8. The van der Waals surface area contributed by atoms with E-state index in [0.29, 0.717) is 5.70 Å². The van der Waals surface area contributed by atoms with E-state index in [4.69, 9.17) is 0 Å². The summed E-state index contributed by atoms with van der Waals surface area (Å²) in [5.74, 6) is 0. The molecule has 1 unspecified atom stereocenters. The Morgan fingerprint density at radius 1 is 1.17 bits per heavy atom. The van der Waals surface area contributed by atoms with E-state index in [2.05, 4.69) is 51.9 Å². The predicted molar refractivity (Wildman–Crippen MR) is 74.4 cm³/mol. The van der Waals surface area contributed by atoms with Gasteiger partial charge in [-0.1, -0.05) is 41.5 Å². The van der Waals surface area contributed by atoms with Crippen molar-refractivity contribution in [1.82, 2.24) is 5.32 Å². The lowest BCUT2D eigenvalue weighted by molar-refractivity contribution is -0.105. The first-order chi connectivity index (χ1) is 8.16. The molecule has 3 nitrogen and oxygen atoms in total. The van der Waals surface area contributed by atoms with Crippen molar-refractivity contribution >= 4 is 12.0 Å². The summed E-state index contributed by atoms with van der Waals surface area (Å²) in [6, 6.07) is 0.0828. The van der Waals surface area contributed by atoms with Crippen LogP contribution in [0.15, 0.2) is 28.0 Å². The highest BCUT2D eigenvalue weighted by atomic mass is 16.1. The number of aldehydes is 1.